The van der Waals surface area contributed by atoms with Gasteiger partial charge in [0.2, 0.25) is 21.7 Å². The van der Waals surface area contributed by atoms with Crippen LogP contribution in [-0.2, 0) is 34.1 Å². The van der Waals surface area contributed by atoms with Gasteiger partial charge in [-0.2, -0.15) is 17.5 Å². The molecule has 0 bridgehead atoms. The highest BCUT2D eigenvalue weighted by Gasteiger charge is 2.41. The Balaban J connectivity index is 1.50. The van der Waals surface area contributed by atoms with Gasteiger partial charge in [-0.25, -0.2) is 35.2 Å². The number of aromatic carboxylic acids is 1. The number of nitrogens with zero attached hydrogens (tertiary/aromatic N) is 4. The van der Waals surface area contributed by atoms with Crippen molar-refractivity contribution in [3.05, 3.63) is 112 Å². The standard InChI is InChI=1S/C37H32F8N4O6S/c1-55-28-15-22(36(51)52)6-7-27(28)49(17-20-12-23(21-4-5-21)14-25(13-20)47-10-2-3-11-47)29(50)19-48(18-24-16-46-9-8-26(24)37(43,44)45)56(53,54)35-33(41)31(39)30(38)32(40)34(35)42/h6-9,12-16,21H,2-5,10-11,17-19H2,1H3,(H,51,52). The quantitative estimate of drug-likeness (QED) is 0.0843. The van der Waals surface area contributed by atoms with E-state index in [2.05, 4.69) is 9.88 Å². The maximum Gasteiger partial charge on any atom is 0.416 e. The Morgan fingerprint density at radius 1 is 0.911 bits per heavy atom. The van der Waals surface area contributed by atoms with Crippen LogP contribution in [0.25, 0.3) is 0 Å². The van der Waals surface area contributed by atoms with Crippen molar-refractivity contribution in [2.24, 2.45) is 0 Å². The van der Waals surface area contributed by atoms with E-state index in [-0.39, 0.29) is 33.8 Å². The monoisotopic (exact) mass is 812 g/mol. The zero-order valence-electron chi connectivity index (χ0n) is 29.3. The van der Waals surface area contributed by atoms with Gasteiger partial charge in [0.15, 0.2) is 28.2 Å². The SMILES string of the molecule is COc1cc(C(=O)O)ccc1N(Cc1cc(C2CC2)cc(N2CCCC2)c1)C(=O)CN(Cc1cnccc1C(F)(F)F)S(=O)(=O)c1c(F)c(F)c(F)c(F)c1F. The topological polar surface area (TPSA) is 120 Å². The summed E-state index contributed by atoms with van der Waals surface area (Å²) in [4.78, 5) is 30.6. The van der Waals surface area contributed by atoms with E-state index in [4.69, 9.17) is 4.74 Å². The number of amides is 1. The summed E-state index contributed by atoms with van der Waals surface area (Å²) in [6.45, 7) is -1.88. The predicted octanol–water partition coefficient (Wildman–Crippen LogP) is 7.40. The molecule has 298 valence electrons. The smallest absolute Gasteiger partial charge is 0.416 e. The van der Waals surface area contributed by atoms with Crippen molar-refractivity contribution in [2.45, 2.75) is 55.8 Å². The van der Waals surface area contributed by atoms with Crippen molar-refractivity contribution < 1.29 is 63.0 Å². The molecule has 1 saturated carbocycles. The van der Waals surface area contributed by atoms with Crippen LogP contribution in [0.4, 0.5) is 46.5 Å². The number of carbonyl (C=O) groups excluding carboxylic acids is 1. The molecule has 1 aliphatic heterocycles. The number of alkyl halides is 3. The molecule has 1 amide bonds. The summed E-state index contributed by atoms with van der Waals surface area (Å²) in [7, 11) is -4.90. The number of halogens is 8. The number of carboxylic acid groups (broad SMARTS) is 1. The van der Waals surface area contributed by atoms with Crippen molar-refractivity contribution >= 4 is 33.3 Å². The third kappa shape index (κ3) is 8.14. The molecule has 2 heterocycles. The second-order valence-corrected chi connectivity index (χ2v) is 15.2. The van der Waals surface area contributed by atoms with Crippen LogP contribution < -0.4 is 14.5 Å². The number of benzene rings is 3. The maximum absolute atomic E-state index is 15.1. The van der Waals surface area contributed by atoms with E-state index in [0.29, 0.717) is 17.8 Å². The minimum atomic E-state index is -6.05. The van der Waals surface area contributed by atoms with Gasteiger partial charge in [-0.3, -0.25) is 9.78 Å². The zero-order valence-corrected chi connectivity index (χ0v) is 30.2. The van der Waals surface area contributed by atoms with Crippen molar-refractivity contribution in [3.63, 3.8) is 0 Å². The number of rotatable bonds is 13. The Morgan fingerprint density at radius 2 is 1.55 bits per heavy atom. The molecule has 0 atom stereocenters. The van der Waals surface area contributed by atoms with E-state index < -0.39 is 86.3 Å². The number of pyridine rings is 1. The zero-order chi connectivity index (χ0) is 40.7. The third-order valence-corrected chi connectivity index (χ3v) is 11.3. The number of sulfonamides is 1. The minimum Gasteiger partial charge on any atom is -0.495 e. The Morgan fingerprint density at radius 3 is 2.14 bits per heavy atom. The number of carbonyl (C=O) groups is 2. The molecule has 19 heteroatoms. The molecule has 1 aliphatic carbocycles. The molecule has 1 N–H and O–H groups in total. The fourth-order valence-corrected chi connectivity index (χ4v) is 8.03. The Hall–Kier alpha value is -5.30. The summed E-state index contributed by atoms with van der Waals surface area (Å²) < 4.78 is 148. The van der Waals surface area contributed by atoms with Gasteiger partial charge in [0.05, 0.1) is 37.0 Å². The summed E-state index contributed by atoms with van der Waals surface area (Å²) in [6, 6.07) is 9.40. The van der Waals surface area contributed by atoms with Crippen LogP contribution in [0.5, 0.6) is 5.75 Å². The van der Waals surface area contributed by atoms with Gasteiger partial charge < -0.3 is 19.6 Å². The van der Waals surface area contributed by atoms with Crippen LogP contribution in [0.15, 0.2) is 59.8 Å². The fraction of sp³-hybridized carbons (Fsp3) is 0.324. The maximum atomic E-state index is 15.1. The van der Waals surface area contributed by atoms with Crippen LogP contribution in [0.2, 0.25) is 0 Å². The van der Waals surface area contributed by atoms with E-state index in [0.717, 1.165) is 86.4 Å². The molecule has 1 saturated heterocycles. The molecule has 10 nitrogen and oxygen atoms in total. The predicted molar refractivity (Wildman–Crippen MR) is 184 cm³/mol. The first-order valence-corrected chi connectivity index (χ1v) is 18.5. The number of ether oxygens (including phenoxy) is 1. The summed E-state index contributed by atoms with van der Waals surface area (Å²) in [5.74, 6) is -16.3. The van der Waals surface area contributed by atoms with Crippen LogP contribution in [0.3, 0.4) is 0 Å². The molecular weight excluding hydrogens is 780 g/mol. The van der Waals surface area contributed by atoms with Crippen molar-refractivity contribution in [1.82, 2.24) is 9.29 Å². The second kappa shape index (κ2) is 15.7. The van der Waals surface area contributed by atoms with E-state index >= 15 is 8.78 Å². The molecule has 4 aromatic rings. The molecular formula is C37H32F8N4O6S. The first kappa shape index (κ1) is 40.4. The lowest BCUT2D eigenvalue weighted by molar-refractivity contribution is -0.138. The second-order valence-electron chi connectivity index (χ2n) is 13.3. The number of anilines is 2. The summed E-state index contributed by atoms with van der Waals surface area (Å²) >= 11 is 0. The molecule has 2 aliphatic rings. The summed E-state index contributed by atoms with van der Waals surface area (Å²) in [5, 5.41) is 9.60. The Kier molecular flexibility index (Phi) is 11.3. The van der Waals surface area contributed by atoms with E-state index in [1.165, 1.54) is 0 Å². The summed E-state index contributed by atoms with van der Waals surface area (Å²) in [5.41, 5.74) is -0.556. The van der Waals surface area contributed by atoms with E-state index in [9.17, 15) is 49.5 Å². The van der Waals surface area contributed by atoms with Gasteiger partial charge in [-0.05, 0) is 84.7 Å². The normalized spacial score (nSPS) is 14.7. The number of methoxy groups -OCH3 is 1. The van der Waals surface area contributed by atoms with Gasteiger partial charge in [0.25, 0.3) is 0 Å². The lowest BCUT2D eigenvalue weighted by atomic mass is 10.0. The molecule has 3 aromatic carbocycles. The fourth-order valence-electron chi connectivity index (χ4n) is 6.55. The first-order chi connectivity index (χ1) is 26.4. The van der Waals surface area contributed by atoms with Crippen molar-refractivity contribution in [1.29, 1.82) is 0 Å². The van der Waals surface area contributed by atoms with Gasteiger partial charge in [0, 0.05) is 37.7 Å². The largest absolute Gasteiger partial charge is 0.495 e. The molecule has 0 radical (unpaired) electrons. The van der Waals surface area contributed by atoms with Gasteiger partial charge >= 0.3 is 12.1 Å². The number of aromatic nitrogens is 1. The first-order valence-electron chi connectivity index (χ1n) is 17.0. The van der Waals surface area contributed by atoms with Crippen LogP contribution in [0.1, 0.15) is 64.2 Å². The van der Waals surface area contributed by atoms with Gasteiger partial charge in [-0.15, -0.1) is 0 Å². The molecule has 2 fully saturated rings. The van der Waals surface area contributed by atoms with Crippen molar-refractivity contribution in [2.75, 3.05) is 36.5 Å². The lowest BCUT2D eigenvalue weighted by Crippen LogP contribution is -2.43. The van der Waals surface area contributed by atoms with Crippen molar-refractivity contribution in [3.8, 4) is 5.75 Å². The number of carboxylic acids is 1. The Bertz CT molecular complexity index is 2270. The van der Waals surface area contributed by atoms with Crippen LogP contribution in [0, 0.1) is 29.1 Å². The van der Waals surface area contributed by atoms with Crippen LogP contribution >= 0.6 is 0 Å². The molecule has 56 heavy (non-hydrogen) atoms. The molecule has 0 unspecified atom stereocenters. The molecule has 1 aromatic heterocycles. The highest BCUT2D eigenvalue weighted by atomic mass is 32.2. The Labute approximate surface area is 315 Å². The lowest BCUT2D eigenvalue weighted by Gasteiger charge is -2.30. The van der Waals surface area contributed by atoms with Crippen LogP contribution in [-0.4, -0.2) is 61.4 Å². The highest BCUT2D eigenvalue weighted by Crippen LogP contribution is 2.43. The van der Waals surface area contributed by atoms with Gasteiger partial charge in [0.1, 0.15) is 5.75 Å². The minimum absolute atomic E-state index is 0.145. The van der Waals surface area contributed by atoms with E-state index in [1.54, 1.807) is 6.07 Å². The average molecular weight is 813 g/mol. The molecule has 0 spiro atoms. The summed E-state index contributed by atoms with van der Waals surface area (Å²) in [6.07, 6.45) is -0.191. The van der Waals surface area contributed by atoms with E-state index in [1.807, 2.05) is 12.1 Å². The highest BCUT2D eigenvalue weighted by molar-refractivity contribution is 7.89. The number of hydrogen-bond donors (Lipinski definition) is 1. The number of hydrogen-bond acceptors (Lipinski definition) is 7. The van der Waals surface area contributed by atoms with Gasteiger partial charge in [-0.1, -0.05) is 6.07 Å². The third-order valence-electron chi connectivity index (χ3n) is 9.51. The average Bonchev–Trinajstić information content (AvgIpc) is 3.87. The molecule has 6 rings (SSSR count).